The molecule has 2 nitrogen and oxygen atoms in total. The zero-order chi connectivity index (χ0) is 12.3. The number of amides is 1. The van der Waals surface area contributed by atoms with Crippen LogP contribution in [-0.2, 0) is 11.2 Å². The minimum Gasteiger partial charge on any atom is -0.353 e. The van der Waals surface area contributed by atoms with Crippen LogP contribution in [0.4, 0.5) is 0 Å². The second kappa shape index (κ2) is 4.91. The first-order valence-corrected chi connectivity index (χ1v) is 6.43. The molecule has 1 atom stereocenters. The summed E-state index contributed by atoms with van der Waals surface area (Å²) in [5.74, 6) is 0.205. The molecule has 0 saturated carbocycles. The molecule has 0 unspecified atom stereocenters. The van der Waals surface area contributed by atoms with E-state index in [2.05, 4.69) is 29.6 Å². The van der Waals surface area contributed by atoms with Crippen molar-refractivity contribution in [3.63, 3.8) is 0 Å². The summed E-state index contributed by atoms with van der Waals surface area (Å²) in [6.45, 7) is 4.07. The zero-order valence-electron chi connectivity index (χ0n) is 10.7. The number of carbonyl (C=O) groups is 1. The van der Waals surface area contributed by atoms with Crippen molar-refractivity contribution >= 4 is 5.91 Å². The quantitative estimate of drug-likeness (QED) is 0.833. The van der Waals surface area contributed by atoms with Crippen LogP contribution >= 0.6 is 0 Å². The first-order valence-electron chi connectivity index (χ1n) is 6.43. The summed E-state index contributed by atoms with van der Waals surface area (Å²) in [6, 6.07) is 10.7. The van der Waals surface area contributed by atoms with Gasteiger partial charge in [0.2, 0.25) is 5.91 Å². The lowest BCUT2D eigenvalue weighted by Gasteiger charge is -2.22. The SMILES string of the molecule is CC1(C)CCC[C@H](Cc2ccccc2)NC1=O. The molecule has 92 valence electrons. The van der Waals surface area contributed by atoms with Crippen molar-refractivity contribution < 1.29 is 4.79 Å². The average molecular weight is 231 g/mol. The molecule has 0 bridgehead atoms. The predicted octanol–water partition coefficient (Wildman–Crippen LogP) is 2.92. The standard InChI is InChI=1S/C15H21NO/c1-15(2)10-6-9-13(16-14(15)17)11-12-7-4-3-5-8-12/h3-5,7-8,13H,6,9-11H2,1-2H3,(H,16,17)/t13-/m1/s1. The van der Waals surface area contributed by atoms with Gasteiger partial charge in [0, 0.05) is 11.5 Å². The van der Waals surface area contributed by atoms with Crippen LogP contribution in [0.5, 0.6) is 0 Å². The number of benzene rings is 1. The van der Waals surface area contributed by atoms with E-state index in [0.29, 0.717) is 6.04 Å². The van der Waals surface area contributed by atoms with Crippen LogP contribution in [0.25, 0.3) is 0 Å². The van der Waals surface area contributed by atoms with Crippen molar-refractivity contribution in [2.24, 2.45) is 5.41 Å². The third-order valence-corrected chi connectivity index (χ3v) is 3.63. The summed E-state index contributed by atoms with van der Waals surface area (Å²) in [5.41, 5.74) is 1.10. The molecule has 1 aliphatic heterocycles. The maximum Gasteiger partial charge on any atom is 0.225 e. The number of rotatable bonds is 2. The van der Waals surface area contributed by atoms with Gasteiger partial charge in [0.1, 0.15) is 0 Å². The summed E-state index contributed by atoms with van der Waals surface area (Å²) in [4.78, 5) is 12.0. The van der Waals surface area contributed by atoms with Crippen molar-refractivity contribution in [1.82, 2.24) is 5.32 Å². The number of nitrogens with one attached hydrogen (secondary N) is 1. The molecule has 1 aliphatic rings. The monoisotopic (exact) mass is 231 g/mol. The largest absolute Gasteiger partial charge is 0.353 e. The van der Waals surface area contributed by atoms with E-state index in [1.165, 1.54) is 5.56 Å². The van der Waals surface area contributed by atoms with E-state index in [1.807, 2.05) is 19.9 Å². The van der Waals surface area contributed by atoms with Gasteiger partial charge < -0.3 is 5.32 Å². The predicted molar refractivity (Wildman–Crippen MR) is 69.7 cm³/mol. The van der Waals surface area contributed by atoms with Crippen LogP contribution in [-0.4, -0.2) is 11.9 Å². The van der Waals surface area contributed by atoms with Gasteiger partial charge in [0.05, 0.1) is 0 Å². The Morgan fingerprint density at radius 1 is 1.29 bits per heavy atom. The Bertz CT molecular complexity index is 383. The molecule has 0 aliphatic carbocycles. The normalized spacial score (nSPS) is 23.9. The van der Waals surface area contributed by atoms with Crippen LogP contribution < -0.4 is 5.32 Å². The smallest absolute Gasteiger partial charge is 0.225 e. The van der Waals surface area contributed by atoms with Crippen molar-refractivity contribution in [3.8, 4) is 0 Å². The Kier molecular flexibility index (Phi) is 3.51. The summed E-state index contributed by atoms with van der Waals surface area (Å²) in [5, 5.41) is 3.18. The fraction of sp³-hybridized carbons (Fsp3) is 0.533. The van der Waals surface area contributed by atoms with Crippen LogP contribution in [0, 0.1) is 5.41 Å². The zero-order valence-corrected chi connectivity index (χ0v) is 10.7. The fourth-order valence-corrected chi connectivity index (χ4v) is 2.41. The maximum atomic E-state index is 12.0. The molecule has 1 N–H and O–H groups in total. The molecule has 1 aromatic carbocycles. The first kappa shape index (κ1) is 12.2. The number of hydrogen-bond donors (Lipinski definition) is 1. The maximum absolute atomic E-state index is 12.0. The molecule has 1 fully saturated rings. The summed E-state index contributed by atoms with van der Waals surface area (Å²) < 4.78 is 0. The van der Waals surface area contributed by atoms with Gasteiger partial charge in [-0.3, -0.25) is 4.79 Å². The number of hydrogen-bond acceptors (Lipinski definition) is 1. The highest BCUT2D eigenvalue weighted by molar-refractivity contribution is 5.82. The highest BCUT2D eigenvalue weighted by atomic mass is 16.2. The second-order valence-electron chi connectivity index (χ2n) is 5.64. The Hall–Kier alpha value is -1.31. The lowest BCUT2D eigenvalue weighted by atomic mass is 9.87. The molecule has 1 heterocycles. The van der Waals surface area contributed by atoms with Crippen molar-refractivity contribution in [1.29, 1.82) is 0 Å². The molecule has 1 amide bonds. The second-order valence-corrected chi connectivity index (χ2v) is 5.64. The first-order chi connectivity index (χ1) is 8.08. The molecule has 1 saturated heterocycles. The van der Waals surface area contributed by atoms with E-state index in [-0.39, 0.29) is 11.3 Å². The van der Waals surface area contributed by atoms with Crippen LogP contribution in [0.2, 0.25) is 0 Å². The minimum absolute atomic E-state index is 0.203. The molecule has 2 heteroatoms. The highest BCUT2D eigenvalue weighted by Gasteiger charge is 2.31. The van der Waals surface area contributed by atoms with E-state index >= 15 is 0 Å². The van der Waals surface area contributed by atoms with Gasteiger partial charge in [0.25, 0.3) is 0 Å². The third kappa shape index (κ3) is 3.09. The van der Waals surface area contributed by atoms with Crippen molar-refractivity contribution in [2.75, 3.05) is 0 Å². The minimum atomic E-state index is -0.203. The van der Waals surface area contributed by atoms with E-state index in [0.717, 1.165) is 25.7 Å². The van der Waals surface area contributed by atoms with Crippen LogP contribution in [0.1, 0.15) is 38.7 Å². The number of carbonyl (C=O) groups excluding carboxylic acids is 1. The van der Waals surface area contributed by atoms with E-state index < -0.39 is 0 Å². The molecule has 17 heavy (non-hydrogen) atoms. The Morgan fingerprint density at radius 3 is 2.71 bits per heavy atom. The van der Waals surface area contributed by atoms with Gasteiger partial charge in [-0.2, -0.15) is 0 Å². The molecular weight excluding hydrogens is 210 g/mol. The van der Waals surface area contributed by atoms with Gasteiger partial charge in [-0.15, -0.1) is 0 Å². The fourth-order valence-electron chi connectivity index (χ4n) is 2.41. The summed E-state index contributed by atoms with van der Waals surface area (Å²) >= 11 is 0. The van der Waals surface area contributed by atoms with E-state index in [1.54, 1.807) is 0 Å². The van der Waals surface area contributed by atoms with Gasteiger partial charge in [-0.05, 0) is 24.8 Å². The molecular formula is C15H21NO. The van der Waals surface area contributed by atoms with Gasteiger partial charge in [-0.25, -0.2) is 0 Å². The molecule has 0 radical (unpaired) electrons. The van der Waals surface area contributed by atoms with Crippen molar-refractivity contribution in [3.05, 3.63) is 35.9 Å². The van der Waals surface area contributed by atoms with Crippen LogP contribution in [0.15, 0.2) is 30.3 Å². The van der Waals surface area contributed by atoms with E-state index in [4.69, 9.17) is 0 Å². The molecule has 2 rings (SSSR count). The lowest BCUT2D eigenvalue weighted by Crippen LogP contribution is -2.41. The Labute approximate surface area is 103 Å². The Morgan fingerprint density at radius 2 is 2.00 bits per heavy atom. The van der Waals surface area contributed by atoms with Crippen LogP contribution in [0.3, 0.4) is 0 Å². The molecule has 0 aromatic heterocycles. The van der Waals surface area contributed by atoms with Crippen molar-refractivity contribution in [2.45, 2.75) is 45.6 Å². The average Bonchev–Trinajstić information content (AvgIpc) is 2.40. The summed E-state index contributed by atoms with van der Waals surface area (Å²) in [6.07, 6.45) is 4.15. The molecule has 1 aromatic rings. The van der Waals surface area contributed by atoms with Gasteiger partial charge >= 0.3 is 0 Å². The highest BCUT2D eigenvalue weighted by Crippen LogP contribution is 2.27. The Balaban J connectivity index is 2.01. The van der Waals surface area contributed by atoms with Gasteiger partial charge in [-0.1, -0.05) is 50.6 Å². The third-order valence-electron chi connectivity index (χ3n) is 3.63. The van der Waals surface area contributed by atoms with Gasteiger partial charge in [0.15, 0.2) is 0 Å². The lowest BCUT2D eigenvalue weighted by molar-refractivity contribution is -0.129. The topological polar surface area (TPSA) is 29.1 Å². The molecule has 0 spiro atoms. The summed E-state index contributed by atoms with van der Waals surface area (Å²) in [7, 11) is 0. The van der Waals surface area contributed by atoms with E-state index in [9.17, 15) is 4.79 Å².